The van der Waals surface area contributed by atoms with E-state index in [1.54, 1.807) is 36.4 Å². The molecule has 8 nitrogen and oxygen atoms in total. The van der Waals surface area contributed by atoms with E-state index in [9.17, 15) is 19.8 Å². The number of hydrogen-bond acceptors (Lipinski definition) is 7. The standard InChI is InChI=1S/C28H35BrN2O6/c1-5-8-14-37-20-11-9-10-18(15-20)25(32)23-24(19-16-21(29)26(33)22(17-19)36-4)31(28(35)27(23)34)13-12-30(6-2)7-3/h9-11,15-17,24,32-33H,5-8,12-14H2,1-4H3. The van der Waals surface area contributed by atoms with Crippen LogP contribution >= 0.6 is 15.9 Å². The summed E-state index contributed by atoms with van der Waals surface area (Å²) in [6.45, 7) is 9.13. The monoisotopic (exact) mass is 574 g/mol. The Morgan fingerprint density at radius 1 is 1.14 bits per heavy atom. The van der Waals surface area contributed by atoms with Gasteiger partial charge in [0.1, 0.15) is 11.5 Å². The van der Waals surface area contributed by atoms with E-state index in [0.717, 1.165) is 25.9 Å². The lowest BCUT2D eigenvalue weighted by Gasteiger charge is -2.28. The summed E-state index contributed by atoms with van der Waals surface area (Å²) >= 11 is 3.34. The third-order valence-corrected chi connectivity index (χ3v) is 7.16. The van der Waals surface area contributed by atoms with Gasteiger partial charge in [0, 0.05) is 18.7 Å². The highest BCUT2D eigenvalue weighted by Gasteiger charge is 2.46. The number of carbonyl (C=O) groups excluding carboxylic acids is 2. The number of halogens is 1. The van der Waals surface area contributed by atoms with E-state index in [1.165, 1.54) is 12.0 Å². The number of phenols is 1. The highest BCUT2D eigenvalue weighted by molar-refractivity contribution is 9.10. The SMILES string of the molecule is CCCCOc1cccc(C(O)=C2C(=O)C(=O)N(CCN(CC)CC)C2c2cc(Br)c(O)c(OC)c2)c1. The molecule has 1 saturated heterocycles. The molecule has 1 unspecified atom stereocenters. The zero-order valence-electron chi connectivity index (χ0n) is 21.8. The van der Waals surface area contributed by atoms with Gasteiger partial charge >= 0.3 is 0 Å². The summed E-state index contributed by atoms with van der Waals surface area (Å²) in [6, 6.07) is 9.21. The summed E-state index contributed by atoms with van der Waals surface area (Å²) < 4.78 is 11.4. The molecule has 0 aromatic heterocycles. The molecule has 1 aliphatic heterocycles. The van der Waals surface area contributed by atoms with Crippen LogP contribution in [-0.2, 0) is 9.59 Å². The molecule has 0 radical (unpaired) electrons. The Hall–Kier alpha value is -3.04. The molecule has 3 rings (SSSR count). The first-order chi connectivity index (χ1) is 17.8. The van der Waals surface area contributed by atoms with E-state index in [2.05, 4.69) is 27.8 Å². The number of nitrogens with zero attached hydrogens (tertiary/aromatic N) is 2. The number of unbranched alkanes of at least 4 members (excludes halogenated alkanes) is 1. The maximum atomic E-state index is 13.4. The number of aliphatic hydroxyl groups excluding tert-OH is 1. The van der Waals surface area contributed by atoms with Gasteiger partial charge in [0.2, 0.25) is 0 Å². The molecule has 1 atom stereocenters. The van der Waals surface area contributed by atoms with E-state index in [0.29, 0.717) is 34.5 Å². The van der Waals surface area contributed by atoms with Crippen LogP contribution in [0.25, 0.3) is 5.76 Å². The predicted octanol–water partition coefficient (Wildman–Crippen LogP) is 5.11. The molecule has 1 aliphatic rings. The van der Waals surface area contributed by atoms with E-state index in [-0.39, 0.29) is 29.4 Å². The summed E-state index contributed by atoms with van der Waals surface area (Å²) in [5.41, 5.74) is 0.887. The van der Waals surface area contributed by atoms with Crippen LogP contribution in [0.15, 0.2) is 46.4 Å². The van der Waals surface area contributed by atoms with Crippen molar-refractivity contribution in [3.05, 3.63) is 57.6 Å². The first-order valence-corrected chi connectivity index (χ1v) is 13.4. The van der Waals surface area contributed by atoms with Gasteiger partial charge in [0.25, 0.3) is 11.7 Å². The zero-order valence-corrected chi connectivity index (χ0v) is 23.4. The first kappa shape index (κ1) is 28.5. The van der Waals surface area contributed by atoms with Crippen LogP contribution in [0.3, 0.4) is 0 Å². The molecule has 1 fully saturated rings. The zero-order chi connectivity index (χ0) is 27.1. The van der Waals surface area contributed by atoms with Crippen molar-refractivity contribution in [2.24, 2.45) is 0 Å². The Balaban J connectivity index is 2.13. The second-order valence-corrected chi connectivity index (χ2v) is 9.66. The minimum atomic E-state index is -0.869. The summed E-state index contributed by atoms with van der Waals surface area (Å²) in [4.78, 5) is 30.3. The number of likely N-dealkylation sites (tertiary alicyclic amines) is 1. The lowest BCUT2D eigenvalue weighted by molar-refractivity contribution is -0.140. The smallest absolute Gasteiger partial charge is 0.295 e. The van der Waals surface area contributed by atoms with Crippen molar-refractivity contribution in [1.29, 1.82) is 0 Å². The average molecular weight is 576 g/mol. The molecule has 37 heavy (non-hydrogen) atoms. The van der Waals surface area contributed by atoms with Gasteiger partial charge in [0.15, 0.2) is 11.5 Å². The van der Waals surface area contributed by atoms with E-state index >= 15 is 0 Å². The topological polar surface area (TPSA) is 99.5 Å². The van der Waals surface area contributed by atoms with Gasteiger partial charge in [-0.15, -0.1) is 0 Å². The van der Waals surface area contributed by atoms with Crippen LogP contribution in [0.2, 0.25) is 0 Å². The van der Waals surface area contributed by atoms with Crippen molar-refractivity contribution < 1.29 is 29.3 Å². The Bertz CT molecular complexity index is 1160. The van der Waals surface area contributed by atoms with E-state index in [1.807, 2.05) is 13.8 Å². The molecule has 2 aromatic rings. The van der Waals surface area contributed by atoms with Crippen molar-refractivity contribution >= 4 is 33.4 Å². The first-order valence-electron chi connectivity index (χ1n) is 12.6. The number of aromatic hydroxyl groups is 1. The van der Waals surface area contributed by atoms with Crippen molar-refractivity contribution in [2.45, 2.75) is 39.7 Å². The number of likely N-dealkylation sites (N-methyl/N-ethyl adjacent to an activating group) is 1. The average Bonchev–Trinajstić information content (AvgIpc) is 3.15. The van der Waals surface area contributed by atoms with Gasteiger partial charge in [-0.25, -0.2) is 0 Å². The molecule has 0 saturated carbocycles. The summed E-state index contributed by atoms with van der Waals surface area (Å²) in [5.74, 6) is -1.07. The van der Waals surface area contributed by atoms with Crippen LogP contribution in [0.5, 0.6) is 17.2 Å². The molecule has 0 aliphatic carbocycles. The Labute approximate surface area is 226 Å². The third-order valence-electron chi connectivity index (χ3n) is 6.55. The van der Waals surface area contributed by atoms with Gasteiger partial charge in [-0.1, -0.05) is 39.3 Å². The van der Waals surface area contributed by atoms with Crippen molar-refractivity contribution in [3.8, 4) is 17.2 Å². The van der Waals surface area contributed by atoms with Gasteiger partial charge in [-0.3, -0.25) is 9.59 Å². The number of benzene rings is 2. The highest BCUT2D eigenvalue weighted by atomic mass is 79.9. The normalized spacial score (nSPS) is 17.0. The minimum absolute atomic E-state index is 0.0186. The Morgan fingerprint density at radius 3 is 2.51 bits per heavy atom. The lowest BCUT2D eigenvalue weighted by Crippen LogP contribution is -2.38. The fourth-order valence-electron chi connectivity index (χ4n) is 4.38. The van der Waals surface area contributed by atoms with Crippen molar-refractivity contribution in [3.63, 3.8) is 0 Å². The molecule has 9 heteroatoms. The number of ether oxygens (including phenoxy) is 2. The van der Waals surface area contributed by atoms with Gasteiger partial charge < -0.3 is 29.5 Å². The molecular formula is C28H35BrN2O6. The number of phenolic OH excluding ortho intramolecular Hbond substituents is 1. The van der Waals surface area contributed by atoms with E-state index in [4.69, 9.17) is 9.47 Å². The van der Waals surface area contributed by atoms with Crippen molar-refractivity contribution in [1.82, 2.24) is 9.80 Å². The number of methoxy groups -OCH3 is 1. The maximum Gasteiger partial charge on any atom is 0.295 e. The molecule has 2 N–H and O–H groups in total. The van der Waals surface area contributed by atoms with Gasteiger partial charge in [0.05, 0.1) is 29.8 Å². The fraction of sp³-hybridized carbons (Fsp3) is 0.429. The number of ketones is 1. The third kappa shape index (κ3) is 6.27. The number of Topliss-reactive ketones (excluding diaryl/α,β-unsaturated/α-hetero) is 1. The molecule has 1 amide bonds. The summed E-state index contributed by atoms with van der Waals surface area (Å²) in [7, 11) is 1.42. The number of amides is 1. The van der Waals surface area contributed by atoms with Crippen LogP contribution < -0.4 is 9.47 Å². The molecule has 200 valence electrons. The van der Waals surface area contributed by atoms with Crippen LogP contribution in [0.4, 0.5) is 0 Å². The van der Waals surface area contributed by atoms with Gasteiger partial charge in [-0.2, -0.15) is 0 Å². The maximum absolute atomic E-state index is 13.4. The molecule has 2 aromatic carbocycles. The van der Waals surface area contributed by atoms with E-state index < -0.39 is 17.7 Å². The predicted molar refractivity (Wildman–Crippen MR) is 146 cm³/mol. The van der Waals surface area contributed by atoms with Crippen LogP contribution in [0, 0.1) is 0 Å². The summed E-state index contributed by atoms with van der Waals surface area (Å²) in [6.07, 6.45) is 1.88. The number of rotatable bonds is 12. The quantitative estimate of drug-likeness (QED) is 0.157. The van der Waals surface area contributed by atoms with Crippen LogP contribution in [0.1, 0.15) is 50.8 Å². The Kier molecular flexibility index (Phi) is 10.00. The molecule has 0 spiro atoms. The highest BCUT2D eigenvalue weighted by Crippen LogP contribution is 2.44. The number of carbonyl (C=O) groups is 2. The lowest BCUT2D eigenvalue weighted by atomic mass is 9.95. The largest absolute Gasteiger partial charge is 0.507 e. The number of hydrogen-bond donors (Lipinski definition) is 2. The Morgan fingerprint density at radius 2 is 1.86 bits per heavy atom. The van der Waals surface area contributed by atoms with Crippen LogP contribution in [-0.4, -0.2) is 71.6 Å². The molecule has 0 bridgehead atoms. The second-order valence-electron chi connectivity index (χ2n) is 8.80. The molecular weight excluding hydrogens is 540 g/mol. The summed E-state index contributed by atoms with van der Waals surface area (Å²) in [5, 5.41) is 21.7. The fourth-order valence-corrected chi connectivity index (χ4v) is 4.84. The number of aliphatic hydroxyl groups is 1. The minimum Gasteiger partial charge on any atom is -0.507 e. The second kappa shape index (κ2) is 13.0. The van der Waals surface area contributed by atoms with Gasteiger partial charge in [-0.05, 0) is 65.3 Å². The van der Waals surface area contributed by atoms with Crippen molar-refractivity contribution in [2.75, 3.05) is 39.9 Å². The molecule has 1 heterocycles.